The lowest BCUT2D eigenvalue weighted by Gasteiger charge is -2.28. The summed E-state index contributed by atoms with van der Waals surface area (Å²) in [6.07, 6.45) is 9.74. The van der Waals surface area contributed by atoms with Crippen LogP contribution in [0.4, 0.5) is 0 Å². The fourth-order valence-corrected chi connectivity index (χ4v) is 5.86. The minimum Gasteiger partial charge on any atom is -0.468 e. The fourth-order valence-electron chi connectivity index (χ4n) is 4.41. The summed E-state index contributed by atoms with van der Waals surface area (Å²) in [5.74, 6) is 4.09. The SMILES string of the molecule is CCCCC#CCC(CC(=C=CC(C)(C)C1=CCCCC1)S(=O)(=O)c1ccccc1)(C(=O)OC)C(=O)OC. The van der Waals surface area contributed by atoms with Gasteiger partial charge in [-0.3, -0.25) is 9.59 Å². The summed E-state index contributed by atoms with van der Waals surface area (Å²) >= 11 is 0. The number of rotatable bonds is 11. The molecule has 7 heteroatoms. The van der Waals surface area contributed by atoms with Gasteiger partial charge in [0.1, 0.15) is 0 Å². The van der Waals surface area contributed by atoms with Crippen molar-refractivity contribution in [2.45, 2.75) is 83.5 Å². The molecule has 0 unspecified atom stereocenters. The summed E-state index contributed by atoms with van der Waals surface area (Å²) < 4.78 is 37.8. The minimum atomic E-state index is -4.12. The smallest absolute Gasteiger partial charge is 0.324 e. The Morgan fingerprint density at radius 2 is 1.68 bits per heavy atom. The Kier molecular flexibility index (Phi) is 11.6. The molecular formula is C31H40O6S. The molecule has 1 aliphatic carbocycles. The van der Waals surface area contributed by atoms with Gasteiger partial charge in [0.05, 0.1) is 24.0 Å². The number of methoxy groups -OCH3 is 2. The summed E-state index contributed by atoms with van der Waals surface area (Å²) in [6, 6.07) is 7.93. The number of carbonyl (C=O) groups is 2. The molecule has 0 N–H and O–H groups in total. The van der Waals surface area contributed by atoms with E-state index in [1.54, 1.807) is 24.3 Å². The first-order valence-electron chi connectivity index (χ1n) is 13.1. The van der Waals surface area contributed by atoms with Crippen LogP contribution in [0, 0.1) is 22.7 Å². The van der Waals surface area contributed by atoms with Crippen LogP contribution in [0.1, 0.15) is 78.6 Å². The minimum absolute atomic E-state index is 0.0447. The molecule has 0 aromatic heterocycles. The fraction of sp³-hybridized carbons (Fsp3) is 0.516. The van der Waals surface area contributed by atoms with Crippen LogP contribution in [0.15, 0.2) is 63.6 Å². The molecule has 0 saturated carbocycles. The molecule has 0 heterocycles. The normalized spacial score (nSPS) is 13.8. The Labute approximate surface area is 228 Å². The molecule has 0 amide bonds. The predicted octanol–water partition coefficient (Wildman–Crippen LogP) is 6.33. The summed E-state index contributed by atoms with van der Waals surface area (Å²) in [5.41, 5.74) is 1.80. The summed E-state index contributed by atoms with van der Waals surface area (Å²) in [5, 5.41) is 0. The first-order valence-corrected chi connectivity index (χ1v) is 14.6. The van der Waals surface area contributed by atoms with Gasteiger partial charge in [-0.05, 0) is 50.3 Å². The van der Waals surface area contributed by atoms with Crippen LogP contribution >= 0.6 is 0 Å². The molecule has 0 aliphatic heterocycles. The summed E-state index contributed by atoms with van der Waals surface area (Å²) in [6.45, 7) is 6.06. The highest BCUT2D eigenvalue weighted by atomic mass is 32.2. The van der Waals surface area contributed by atoms with E-state index < -0.39 is 39.0 Å². The van der Waals surface area contributed by atoms with Gasteiger partial charge in [-0.2, -0.15) is 0 Å². The van der Waals surface area contributed by atoms with Crippen LogP contribution in [0.2, 0.25) is 0 Å². The van der Waals surface area contributed by atoms with Crippen LogP contribution in [0.5, 0.6) is 0 Å². The van der Waals surface area contributed by atoms with Gasteiger partial charge in [0, 0.05) is 24.7 Å². The van der Waals surface area contributed by atoms with E-state index in [0.29, 0.717) is 6.42 Å². The molecule has 1 aromatic carbocycles. The van der Waals surface area contributed by atoms with E-state index in [-0.39, 0.29) is 16.2 Å². The molecule has 0 fully saturated rings. The maximum absolute atomic E-state index is 13.9. The highest BCUT2D eigenvalue weighted by molar-refractivity contribution is 7.95. The Bertz CT molecular complexity index is 1220. The number of allylic oxidation sites excluding steroid dienone is 3. The third kappa shape index (κ3) is 7.72. The Morgan fingerprint density at radius 3 is 2.24 bits per heavy atom. The standard InChI is InChI=1S/C31H40O6S/c1-6-7-8-9-16-22-31(28(32)36-4,29(33)37-5)24-27(38(34,35)26-19-14-11-15-20-26)21-23-30(2,3)25-17-12-10-13-18-25/h11,14-15,17,19-20,23H,6-8,10,12-13,18,22,24H2,1-5H3. The highest BCUT2D eigenvalue weighted by Gasteiger charge is 2.50. The largest absolute Gasteiger partial charge is 0.468 e. The maximum atomic E-state index is 13.9. The van der Waals surface area contributed by atoms with Gasteiger partial charge >= 0.3 is 11.9 Å². The van der Waals surface area contributed by atoms with Gasteiger partial charge in [0.25, 0.3) is 0 Å². The van der Waals surface area contributed by atoms with E-state index in [1.807, 2.05) is 20.8 Å². The molecule has 0 bridgehead atoms. The molecule has 1 aliphatic rings. The van der Waals surface area contributed by atoms with Crippen LogP contribution in [-0.2, 0) is 28.9 Å². The molecule has 206 valence electrons. The molecule has 2 rings (SSSR count). The maximum Gasteiger partial charge on any atom is 0.324 e. The zero-order valence-corrected chi connectivity index (χ0v) is 24.1. The quantitative estimate of drug-likeness (QED) is 0.0814. The van der Waals surface area contributed by atoms with Gasteiger partial charge in [0.2, 0.25) is 9.84 Å². The van der Waals surface area contributed by atoms with Crippen LogP contribution in [0.3, 0.4) is 0 Å². The lowest BCUT2D eigenvalue weighted by atomic mass is 9.78. The van der Waals surface area contributed by atoms with Crippen LogP contribution in [-0.4, -0.2) is 34.6 Å². The Balaban J connectivity index is 2.74. The van der Waals surface area contributed by atoms with Gasteiger partial charge < -0.3 is 9.47 Å². The van der Waals surface area contributed by atoms with E-state index >= 15 is 0 Å². The number of benzene rings is 1. The van der Waals surface area contributed by atoms with Crippen molar-refractivity contribution in [1.29, 1.82) is 0 Å². The first-order chi connectivity index (χ1) is 18.0. The van der Waals surface area contributed by atoms with Crippen molar-refractivity contribution in [2.75, 3.05) is 14.2 Å². The third-order valence-corrected chi connectivity index (χ3v) is 8.68. The molecule has 0 atom stereocenters. The van der Waals surface area contributed by atoms with Crippen molar-refractivity contribution in [2.24, 2.45) is 10.8 Å². The van der Waals surface area contributed by atoms with E-state index in [4.69, 9.17) is 9.47 Å². The van der Waals surface area contributed by atoms with Crippen molar-refractivity contribution in [3.05, 3.63) is 58.7 Å². The number of carbonyl (C=O) groups excluding carboxylic acids is 2. The second-order valence-electron chi connectivity index (χ2n) is 10.1. The van der Waals surface area contributed by atoms with Crippen LogP contribution < -0.4 is 0 Å². The van der Waals surface area contributed by atoms with E-state index in [9.17, 15) is 18.0 Å². The number of unbranched alkanes of at least 4 members (excludes halogenated alkanes) is 2. The number of esters is 2. The predicted molar refractivity (Wildman–Crippen MR) is 149 cm³/mol. The molecule has 1 aromatic rings. The number of hydrogen-bond donors (Lipinski definition) is 0. The van der Waals surface area contributed by atoms with Gasteiger partial charge in [-0.15, -0.1) is 17.6 Å². The lowest BCUT2D eigenvalue weighted by molar-refractivity contribution is -0.168. The first kappa shape index (κ1) is 31.1. The number of sulfone groups is 1. The number of ether oxygens (including phenoxy) is 2. The molecular weight excluding hydrogens is 500 g/mol. The van der Waals surface area contributed by atoms with Crippen molar-refractivity contribution < 1.29 is 27.5 Å². The second-order valence-corrected chi connectivity index (χ2v) is 12.1. The number of hydrogen-bond acceptors (Lipinski definition) is 6. The van der Waals surface area contributed by atoms with Gasteiger partial charge in [-0.1, -0.05) is 57.0 Å². The Morgan fingerprint density at radius 1 is 1.03 bits per heavy atom. The second kappa shape index (κ2) is 14.2. The highest BCUT2D eigenvalue weighted by Crippen LogP contribution is 2.39. The van der Waals surface area contributed by atoms with Crippen molar-refractivity contribution in [1.82, 2.24) is 0 Å². The van der Waals surface area contributed by atoms with E-state index in [0.717, 1.165) is 52.7 Å². The molecule has 38 heavy (non-hydrogen) atoms. The molecule has 0 spiro atoms. The molecule has 0 saturated heterocycles. The van der Waals surface area contributed by atoms with Crippen molar-refractivity contribution >= 4 is 21.8 Å². The average molecular weight is 541 g/mol. The van der Waals surface area contributed by atoms with Crippen LogP contribution in [0.25, 0.3) is 0 Å². The van der Waals surface area contributed by atoms with Crippen molar-refractivity contribution in [3.8, 4) is 11.8 Å². The zero-order valence-electron chi connectivity index (χ0n) is 23.3. The third-order valence-electron chi connectivity index (χ3n) is 6.88. The molecule has 0 radical (unpaired) electrons. The topological polar surface area (TPSA) is 86.7 Å². The zero-order chi connectivity index (χ0) is 28.2. The summed E-state index contributed by atoms with van der Waals surface area (Å²) in [4.78, 5) is 26.2. The monoisotopic (exact) mass is 540 g/mol. The molecule has 6 nitrogen and oxygen atoms in total. The van der Waals surface area contributed by atoms with Crippen molar-refractivity contribution in [3.63, 3.8) is 0 Å². The van der Waals surface area contributed by atoms with E-state index in [1.165, 1.54) is 17.7 Å². The Hall–Kier alpha value is -3.07. The summed E-state index contributed by atoms with van der Waals surface area (Å²) in [7, 11) is -1.80. The van der Waals surface area contributed by atoms with Gasteiger partial charge in [0.15, 0.2) is 5.41 Å². The van der Waals surface area contributed by atoms with E-state index in [2.05, 4.69) is 23.6 Å². The van der Waals surface area contributed by atoms with Gasteiger partial charge in [-0.25, -0.2) is 8.42 Å². The lowest BCUT2D eigenvalue weighted by Crippen LogP contribution is -2.42. The average Bonchev–Trinajstić information content (AvgIpc) is 2.94.